The van der Waals surface area contributed by atoms with E-state index in [9.17, 15) is 4.79 Å². The first kappa shape index (κ1) is 26.4. The first-order chi connectivity index (χ1) is 18.8. The highest BCUT2D eigenvalue weighted by atomic mass is 16.1. The van der Waals surface area contributed by atoms with E-state index >= 15 is 0 Å². The fourth-order valence-electron chi connectivity index (χ4n) is 5.13. The van der Waals surface area contributed by atoms with E-state index in [1.807, 2.05) is 48.1 Å². The highest BCUT2D eigenvalue weighted by Crippen LogP contribution is 2.33. The summed E-state index contributed by atoms with van der Waals surface area (Å²) >= 11 is 0. The number of pyridine rings is 2. The van der Waals surface area contributed by atoms with Crippen LogP contribution in [0.5, 0.6) is 0 Å². The first-order valence-corrected chi connectivity index (χ1v) is 13.4. The Morgan fingerprint density at radius 1 is 1.00 bits per heavy atom. The number of fused-ring (bicyclic) bond motifs is 1. The quantitative estimate of drug-likeness (QED) is 0.277. The van der Waals surface area contributed by atoms with Crippen LogP contribution in [0.3, 0.4) is 0 Å². The minimum absolute atomic E-state index is 0.146. The predicted octanol–water partition coefficient (Wildman–Crippen LogP) is 5.46. The zero-order chi connectivity index (χ0) is 27.6. The van der Waals surface area contributed by atoms with Crippen molar-refractivity contribution in [3.8, 4) is 0 Å². The molecule has 5 aromatic rings. The van der Waals surface area contributed by atoms with Crippen molar-refractivity contribution < 1.29 is 0 Å². The maximum Gasteiger partial charge on any atom is 0.253 e. The molecule has 3 heterocycles. The van der Waals surface area contributed by atoms with Crippen LogP contribution in [0.2, 0.25) is 0 Å². The highest BCUT2D eigenvalue weighted by molar-refractivity contribution is 5.83. The molecule has 1 N–H and O–H groups in total. The van der Waals surface area contributed by atoms with E-state index < -0.39 is 6.04 Å². The van der Waals surface area contributed by atoms with Gasteiger partial charge in [-0.3, -0.25) is 14.7 Å². The Morgan fingerprint density at radius 3 is 2.46 bits per heavy atom. The summed E-state index contributed by atoms with van der Waals surface area (Å²) in [6.07, 6.45) is 4.46. The molecule has 1 atom stereocenters. The Balaban J connectivity index is 1.76. The molecule has 0 aliphatic carbocycles. The monoisotopic (exact) mass is 521 g/mol. The van der Waals surface area contributed by atoms with Crippen LogP contribution in [0.25, 0.3) is 10.9 Å². The minimum atomic E-state index is -0.514. The van der Waals surface area contributed by atoms with Crippen LogP contribution in [-0.4, -0.2) is 35.1 Å². The van der Waals surface area contributed by atoms with Gasteiger partial charge in [0.2, 0.25) is 0 Å². The summed E-state index contributed by atoms with van der Waals surface area (Å²) < 4.78 is 1.88. The zero-order valence-corrected chi connectivity index (χ0v) is 23.2. The Morgan fingerprint density at radius 2 is 1.74 bits per heavy atom. The summed E-state index contributed by atoms with van der Waals surface area (Å²) in [5.41, 5.74) is 5.31. The number of H-pyrrole nitrogens is 1. The fourth-order valence-corrected chi connectivity index (χ4v) is 5.13. The molecule has 5 rings (SSSR count). The molecule has 0 fully saturated rings. The van der Waals surface area contributed by atoms with Crippen LogP contribution in [0, 0.1) is 13.8 Å². The summed E-state index contributed by atoms with van der Waals surface area (Å²) in [5, 5.41) is 14.1. The van der Waals surface area contributed by atoms with Gasteiger partial charge in [-0.05, 0) is 84.8 Å². The Bertz CT molecular complexity index is 1580. The third-order valence-electron chi connectivity index (χ3n) is 7.50. The molecule has 39 heavy (non-hydrogen) atoms. The van der Waals surface area contributed by atoms with Crippen LogP contribution in [0.15, 0.2) is 77.9 Å². The van der Waals surface area contributed by atoms with Gasteiger partial charge in [-0.15, -0.1) is 5.10 Å². The number of nitrogens with one attached hydrogen (secondary N) is 1. The molecular weight excluding hydrogens is 486 g/mol. The Hall–Kier alpha value is -4.17. The number of aromatic amines is 1. The Labute approximate surface area is 228 Å². The van der Waals surface area contributed by atoms with Crippen molar-refractivity contribution in [2.75, 3.05) is 0 Å². The lowest BCUT2D eigenvalue weighted by Crippen LogP contribution is -2.38. The average Bonchev–Trinajstić information content (AvgIpc) is 3.41. The fraction of sp³-hybridized carbons (Fsp3) is 0.323. The van der Waals surface area contributed by atoms with Crippen molar-refractivity contribution in [3.63, 3.8) is 0 Å². The van der Waals surface area contributed by atoms with Gasteiger partial charge >= 0.3 is 0 Å². The zero-order valence-electron chi connectivity index (χ0n) is 23.2. The molecule has 0 amide bonds. The number of aryl methyl sites for hydroxylation is 2. The second-order valence-corrected chi connectivity index (χ2v) is 10.9. The van der Waals surface area contributed by atoms with Gasteiger partial charge in [0.05, 0.1) is 11.1 Å². The van der Waals surface area contributed by atoms with Crippen molar-refractivity contribution in [2.24, 2.45) is 0 Å². The molecule has 200 valence electrons. The largest absolute Gasteiger partial charge is 0.321 e. The molecule has 2 aromatic carbocycles. The number of rotatable bonds is 9. The molecule has 1 unspecified atom stereocenters. The maximum absolute atomic E-state index is 13.9. The van der Waals surface area contributed by atoms with Gasteiger partial charge in [0, 0.05) is 31.0 Å². The van der Waals surface area contributed by atoms with Crippen molar-refractivity contribution >= 4 is 10.9 Å². The number of tetrazole rings is 1. The van der Waals surface area contributed by atoms with Gasteiger partial charge in [0.1, 0.15) is 6.04 Å². The van der Waals surface area contributed by atoms with E-state index in [0.717, 1.165) is 39.6 Å². The summed E-state index contributed by atoms with van der Waals surface area (Å²) in [5.74, 6) is 0.635. The molecular formula is C31H35N7O. The van der Waals surface area contributed by atoms with Gasteiger partial charge in [0.25, 0.3) is 5.56 Å². The van der Waals surface area contributed by atoms with E-state index in [4.69, 9.17) is 0 Å². The molecule has 0 aliphatic heterocycles. The van der Waals surface area contributed by atoms with Gasteiger partial charge in [-0.1, -0.05) is 55.0 Å². The molecule has 0 spiro atoms. The lowest BCUT2D eigenvalue weighted by atomic mass is 9.97. The van der Waals surface area contributed by atoms with Crippen LogP contribution < -0.4 is 5.56 Å². The minimum Gasteiger partial charge on any atom is -0.321 e. The highest BCUT2D eigenvalue weighted by Gasteiger charge is 2.34. The first-order valence-electron chi connectivity index (χ1n) is 13.4. The van der Waals surface area contributed by atoms with Crippen molar-refractivity contribution in [1.82, 2.24) is 35.1 Å². The van der Waals surface area contributed by atoms with E-state index in [2.05, 4.69) is 88.4 Å². The van der Waals surface area contributed by atoms with Crippen LogP contribution in [0.1, 0.15) is 66.9 Å². The lowest BCUT2D eigenvalue weighted by molar-refractivity contribution is 0.180. The number of hydrogen-bond acceptors (Lipinski definition) is 6. The van der Waals surface area contributed by atoms with Gasteiger partial charge < -0.3 is 4.98 Å². The number of nitrogens with zero attached hydrogens (tertiary/aromatic N) is 6. The normalized spacial score (nSPS) is 12.8. The van der Waals surface area contributed by atoms with Crippen molar-refractivity contribution in [3.05, 3.63) is 117 Å². The smallest absolute Gasteiger partial charge is 0.253 e. The van der Waals surface area contributed by atoms with E-state index in [1.165, 1.54) is 0 Å². The third-order valence-corrected chi connectivity index (χ3v) is 7.50. The van der Waals surface area contributed by atoms with Crippen molar-refractivity contribution in [1.29, 1.82) is 0 Å². The molecule has 8 heteroatoms. The summed E-state index contributed by atoms with van der Waals surface area (Å²) in [4.78, 5) is 23.7. The maximum atomic E-state index is 13.9. The summed E-state index contributed by atoms with van der Waals surface area (Å²) in [6, 6.07) is 20.0. The van der Waals surface area contributed by atoms with E-state index in [0.29, 0.717) is 24.5 Å². The van der Waals surface area contributed by atoms with Crippen LogP contribution in [0.4, 0.5) is 0 Å². The van der Waals surface area contributed by atoms with Gasteiger partial charge in [0.15, 0.2) is 5.82 Å². The number of benzene rings is 2. The summed E-state index contributed by atoms with van der Waals surface area (Å²) in [7, 11) is 0. The predicted molar refractivity (Wildman–Crippen MR) is 153 cm³/mol. The lowest BCUT2D eigenvalue weighted by Gasteiger charge is -2.33. The standard InChI is InChI=1S/C31H35N7O/c1-6-31(4,5)38-29(34-35-36-38)28(26-17-25-16-21(2)15-22(3)27(25)33-30(26)39)37(19-23-11-8-7-9-12-23)20-24-13-10-14-32-18-24/h7-18,28H,6,19-20H2,1-5H3,(H,33,39). The van der Waals surface area contributed by atoms with Crippen LogP contribution >= 0.6 is 0 Å². The van der Waals surface area contributed by atoms with E-state index in [-0.39, 0.29) is 11.1 Å². The molecule has 3 aromatic heterocycles. The molecule has 0 saturated carbocycles. The van der Waals surface area contributed by atoms with Gasteiger partial charge in [-0.2, -0.15) is 0 Å². The molecule has 8 nitrogen and oxygen atoms in total. The van der Waals surface area contributed by atoms with Crippen molar-refractivity contribution in [2.45, 2.75) is 65.7 Å². The average molecular weight is 522 g/mol. The topological polar surface area (TPSA) is 92.6 Å². The number of aromatic nitrogens is 6. The second kappa shape index (κ2) is 10.9. The molecule has 0 aliphatic rings. The number of hydrogen-bond donors (Lipinski definition) is 1. The third kappa shape index (κ3) is 5.52. The second-order valence-electron chi connectivity index (χ2n) is 10.9. The van der Waals surface area contributed by atoms with Gasteiger partial charge in [-0.25, -0.2) is 4.68 Å². The summed E-state index contributed by atoms with van der Waals surface area (Å²) in [6.45, 7) is 11.6. The van der Waals surface area contributed by atoms with Crippen LogP contribution in [-0.2, 0) is 18.6 Å². The molecule has 0 saturated heterocycles. The van der Waals surface area contributed by atoms with E-state index in [1.54, 1.807) is 6.20 Å². The molecule has 0 bridgehead atoms. The molecule has 0 radical (unpaired) electrons. The Kier molecular flexibility index (Phi) is 7.39. The SMILES string of the molecule is CCC(C)(C)n1nnnc1C(c1cc2cc(C)cc(C)c2[nH]c1=O)N(Cc1ccccc1)Cc1cccnc1.